The highest BCUT2D eigenvalue weighted by molar-refractivity contribution is 6.39. The molecule has 0 aliphatic carbocycles. The van der Waals surface area contributed by atoms with E-state index in [-0.39, 0.29) is 12.4 Å². The smallest absolute Gasteiger partial charge is 0.256 e. The van der Waals surface area contributed by atoms with Gasteiger partial charge in [0.1, 0.15) is 0 Å². The molecule has 0 aromatic heterocycles. The zero-order chi connectivity index (χ0) is 8.58. The number of halogens is 7. The summed E-state index contributed by atoms with van der Waals surface area (Å²) in [6.45, 7) is 0. The maximum atomic E-state index is 11.9. The SMILES string of the molecule is Cl.O=C(F)C(F)(Cl)C(F)(F)Cl. The van der Waals surface area contributed by atoms with Gasteiger partial charge in [-0.25, -0.2) is 4.39 Å². The molecule has 0 bridgehead atoms. The van der Waals surface area contributed by atoms with E-state index in [1.807, 2.05) is 0 Å². The number of carbonyl (C=O) groups excluding carboxylic acids is 1. The Morgan fingerprint density at radius 3 is 1.45 bits per heavy atom. The van der Waals surface area contributed by atoms with Crippen molar-refractivity contribution < 1.29 is 22.4 Å². The Morgan fingerprint density at radius 2 is 1.45 bits per heavy atom. The number of rotatable bonds is 2. The predicted octanol–water partition coefficient (Wildman–Crippen LogP) is 2.64. The van der Waals surface area contributed by atoms with Crippen molar-refractivity contribution in [1.82, 2.24) is 0 Å². The second-order valence-electron chi connectivity index (χ2n) is 1.35. The van der Waals surface area contributed by atoms with Gasteiger partial charge >= 0.3 is 16.5 Å². The summed E-state index contributed by atoms with van der Waals surface area (Å²) < 4.78 is 46.2. The lowest BCUT2D eigenvalue weighted by molar-refractivity contribution is -0.147. The highest BCUT2D eigenvalue weighted by atomic mass is 35.5. The van der Waals surface area contributed by atoms with Crippen LogP contribution in [0.25, 0.3) is 0 Å². The summed E-state index contributed by atoms with van der Waals surface area (Å²) in [6.07, 6.45) is 0. The van der Waals surface area contributed by atoms with E-state index in [0.717, 1.165) is 0 Å². The first-order chi connectivity index (χ1) is 4.19. The Bertz CT molecular complexity index is 153. The molecule has 0 saturated carbocycles. The third-order valence-corrected chi connectivity index (χ3v) is 1.35. The second-order valence-corrected chi connectivity index (χ2v) is 2.34. The van der Waals surface area contributed by atoms with Crippen molar-refractivity contribution in [3.05, 3.63) is 0 Å². The van der Waals surface area contributed by atoms with Crippen molar-refractivity contribution >= 4 is 41.6 Å². The Labute approximate surface area is 75.1 Å². The molecule has 0 aliphatic heterocycles. The highest BCUT2D eigenvalue weighted by Gasteiger charge is 2.59. The fourth-order valence-electron chi connectivity index (χ4n) is 0.111. The van der Waals surface area contributed by atoms with Crippen LogP contribution in [0.4, 0.5) is 17.6 Å². The van der Waals surface area contributed by atoms with Crippen LogP contribution in [-0.2, 0) is 4.79 Å². The fraction of sp³-hybridized carbons (Fsp3) is 0.667. The summed E-state index contributed by atoms with van der Waals surface area (Å²) in [6, 6.07) is -3.02. The maximum absolute atomic E-state index is 11.9. The summed E-state index contributed by atoms with van der Waals surface area (Å²) in [7, 11) is 0. The molecule has 1 atom stereocenters. The van der Waals surface area contributed by atoms with Gasteiger partial charge in [-0.05, 0) is 11.6 Å². The quantitative estimate of drug-likeness (QED) is 0.408. The summed E-state index contributed by atoms with van der Waals surface area (Å²) in [4.78, 5) is 9.37. The minimum Gasteiger partial charge on any atom is -0.256 e. The van der Waals surface area contributed by atoms with Crippen LogP contribution in [0.3, 0.4) is 0 Å². The monoisotopic (exact) mass is 234 g/mol. The molecular weight excluding hydrogens is 234 g/mol. The molecular formula is C3HCl3F4O. The summed E-state index contributed by atoms with van der Waals surface area (Å²) in [5.74, 6) is 0. The van der Waals surface area contributed by atoms with E-state index in [2.05, 4.69) is 23.2 Å². The van der Waals surface area contributed by atoms with Crippen molar-refractivity contribution in [2.75, 3.05) is 0 Å². The van der Waals surface area contributed by atoms with Crippen LogP contribution < -0.4 is 0 Å². The lowest BCUT2D eigenvalue weighted by Crippen LogP contribution is -2.40. The normalized spacial score (nSPS) is 16.5. The minimum absolute atomic E-state index is 0. The van der Waals surface area contributed by atoms with Gasteiger partial charge in [-0.15, -0.1) is 12.4 Å². The Morgan fingerprint density at radius 1 is 1.18 bits per heavy atom. The van der Waals surface area contributed by atoms with Crippen LogP contribution in [0.5, 0.6) is 0 Å². The van der Waals surface area contributed by atoms with Crippen molar-refractivity contribution in [3.63, 3.8) is 0 Å². The lowest BCUT2D eigenvalue weighted by Gasteiger charge is -2.16. The summed E-state index contributed by atoms with van der Waals surface area (Å²) in [5.41, 5.74) is 0. The van der Waals surface area contributed by atoms with Crippen molar-refractivity contribution in [1.29, 1.82) is 0 Å². The first-order valence-electron chi connectivity index (χ1n) is 1.84. The molecule has 0 spiro atoms. The van der Waals surface area contributed by atoms with Crippen molar-refractivity contribution in [2.24, 2.45) is 0 Å². The molecule has 1 nitrogen and oxygen atoms in total. The van der Waals surface area contributed by atoms with Gasteiger partial charge in [0.05, 0.1) is 0 Å². The molecule has 1 unspecified atom stereocenters. The van der Waals surface area contributed by atoms with Gasteiger partial charge in [0.2, 0.25) is 0 Å². The van der Waals surface area contributed by atoms with E-state index in [1.54, 1.807) is 0 Å². The van der Waals surface area contributed by atoms with Gasteiger partial charge in [0.25, 0.3) is 0 Å². The molecule has 0 radical (unpaired) electrons. The third-order valence-electron chi connectivity index (χ3n) is 0.603. The first kappa shape index (κ1) is 13.8. The van der Waals surface area contributed by atoms with E-state index in [9.17, 15) is 22.4 Å². The van der Waals surface area contributed by atoms with Gasteiger partial charge in [0, 0.05) is 0 Å². The molecule has 11 heavy (non-hydrogen) atoms. The summed E-state index contributed by atoms with van der Waals surface area (Å²) in [5, 5.41) is -9.20. The maximum Gasteiger partial charge on any atom is 0.379 e. The molecule has 0 saturated heterocycles. The fourth-order valence-corrected chi connectivity index (χ4v) is 0.186. The van der Waals surface area contributed by atoms with Crippen LogP contribution in [0, 0.1) is 0 Å². The first-order valence-corrected chi connectivity index (χ1v) is 2.59. The molecule has 0 heterocycles. The predicted molar refractivity (Wildman–Crippen MR) is 33.9 cm³/mol. The topological polar surface area (TPSA) is 17.1 Å². The zero-order valence-electron chi connectivity index (χ0n) is 4.58. The molecule has 68 valence electrons. The third kappa shape index (κ3) is 3.01. The van der Waals surface area contributed by atoms with Crippen LogP contribution in [0.1, 0.15) is 0 Å². The van der Waals surface area contributed by atoms with Gasteiger partial charge in [-0.2, -0.15) is 13.2 Å². The molecule has 0 aliphatic rings. The highest BCUT2D eigenvalue weighted by Crippen LogP contribution is 2.40. The Balaban J connectivity index is 0. The average molecular weight is 235 g/mol. The Kier molecular flexibility index (Phi) is 4.75. The van der Waals surface area contributed by atoms with Crippen molar-refractivity contribution in [3.8, 4) is 0 Å². The number of hydrogen-bond donors (Lipinski definition) is 0. The van der Waals surface area contributed by atoms with Crippen LogP contribution in [0.15, 0.2) is 0 Å². The van der Waals surface area contributed by atoms with E-state index in [4.69, 9.17) is 0 Å². The molecule has 0 amide bonds. The van der Waals surface area contributed by atoms with E-state index < -0.39 is 16.5 Å². The zero-order valence-corrected chi connectivity index (χ0v) is 6.91. The van der Waals surface area contributed by atoms with Crippen LogP contribution in [-0.4, -0.2) is 16.5 Å². The van der Waals surface area contributed by atoms with Gasteiger partial charge in [-0.1, -0.05) is 11.6 Å². The van der Waals surface area contributed by atoms with Gasteiger partial charge in [-0.3, -0.25) is 4.79 Å². The van der Waals surface area contributed by atoms with E-state index in [1.165, 1.54) is 0 Å². The van der Waals surface area contributed by atoms with Crippen molar-refractivity contribution in [2.45, 2.75) is 10.5 Å². The number of hydrogen-bond acceptors (Lipinski definition) is 1. The number of carbonyl (C=O) groups is 1. The minimum atomic E-state index is -4.74. The van der Waals surface area contributed by atoms with Crippen LogP contribution >= 0.6 is 35.6 Å². The van der Waals surface area contributed by atoms with Crippen LogP contribution in [0.2, 0.25) is 0 Å². The van der Waals surface area contributed by atoms with E-state index in [0.29, 0.717) is 0 Å². The summed E-state index contributed by atoms with van der Waals surface area (Å²) >= 11 is 7.99. The molecule has 0 aromatic rings. The largest absolute Gasteiger partial charge is 0.379 e. The van der Waals surface area contributed by atoms with Gasteiger partial charge < -0.3 is 0 Å². The average Bonchev–Trinajstić information content (AvgIpc) is 1.62. The molecule has 8 heteroatoms. The molecule has 0 N–H and O–H groups in total. The molecule has 0 rings (SSSR count). The van der Waals surface area contributed by atoms with Gasteiger partial charge in [0.15, 0.2) is 0 Å². The molecule has 0 fully saturated rings. The number of alkyl halides is 5. The second kappa shape index (κ2) is 3.78. The Hall–Kier alpha value is 0.260. The van der Waals surface area contributed by atoms with E-state index >= 15 is 0 Å². The lowest BCUT2D eigenvalue weighted by atomic mass is 10.4. The standard InChI is InChI=1S/C3Cl2F4O.ClH/c4-2(7,1(6)10)3(5,8)9;/h;1H. The molecule has 0 aromatic carbocycles.